The van der Waals surface area contributed by atoms with Crippen LogP contribution in [0, 0.1) is 0 Å². The zero-order valence-corrected chi connectivity index (χ0v) is 7.71. The normalized spacial score (nSPS) is 41.4. The van der Waals surface area contributed by atoms with Crippen LogP contribution in [0.4, 0.5) is 4.79 Å². The molecular formula is C8H12O6. The molecule has 1 N–H and O–H groups in total. The number of hydrogen-bond donors (Lipinski definition) is 1. The van der Waals surface area contributed by atoms with Crippen molar-refractivity contribution in [1.29, 1.82) is 0 Å². The highest BCUT2D eigenvalue weighted by Crippen LogP contribution is 2.30. The second kappa shape index (κ2) is 3.72. The molecule has 2 rings (SSSR count). The highest BCUT2D eigenvalue weighted by molar-refractivity contribution is 5.62. The Morgan fingerprint density at radius 3 is 3.00 bits per heavy atom. The van der Waals surface area contributed by atoms with E-state index in [0.29, 0.717) is 6.42 Å². The van der Waals surface area contributed by atoms with Gasteiger partial charge in [-0.2, -0.15) is 0 Å². The summed E-state index contributed by atoms with van der Waals surface area (Å²) in [5.41, 5.74) is 0. The fourth-order valence-corrected chi connectivity index (χ4v) is 1.72. The second-order valence-corrected chi connectivity index (χ2v) is 3.25. The van der Waals surface area contributed by atoms with Gasteiger partial charge >= 0.3 is 6.16 Å². The Labute approximate surface area is 80.7 Å². The molecule has 80 valence electrons. The van der Waals surface area contributed by atoms with Crippen LogP contribution in [0.5, 0.6) is 0 Å². The average molecular weight is 204 g/mol. The van der Waals surface area contributed by atoms with Crippen molar-refractivity contribution in [2.24, 2.45) is 0 Å². The van der Waals surface area contributed by atoms with E-state index in [0.717, 1.165) is 0 Å². The molecule has 0 bridgehead atoms. The minimum absolute atomic E-state index is 0.225. The van der Waals surface area contributed by atoms with Crippen molar-refractivity contribution in [3.63, 3.8) is 0 Å². The molecule has 0 aromatic carbocycles. The number of rotatable bonds is 2. The van der Waals surface area contributed by atoms with Gasteiger partial charge in [0.2, 0.25) is 0 Å². The fraction of sp³-hybridized carbons (Fsp3) is 0.875. The lowest BCUT2D eigenvalue weighted by molar-refractivity contribution is -0.227. The van der Waals surface area contributed by atoms with Crippen LogP contribution in [0.2, 0.25) is 0 Å². The summed E-state index contributed by atoms with van der Waals surface area (Å²) in [5, 5.41) is 9.01. The van der Waals surface area contributed by atoms with Crippen molar-refractivity contribution >= 4 is 6.16 Å². The molecule has 2 heterocycles. The number of hydrogen-bond acceptors (Lipinski definition) is 6. The van der Waals surface area contributed by atoms with E-state index in [4.69, 9.17) is 24.1 Å². The Balaban J connectivity index is 2.07. The maximum Gasteiger partial charge on any atom is 0.509 e. The molecule has 0 spiro atoms. The topological polar surface area (TPSA) is 74.2 Å². The third-order valence-corrected chi connectivity index (χ3v) is 2.41. The summed E-state index contributed by atoms with van der Waals surface area (Å²) in [4.78, 5) is 10.8. The van der Waals surface area contributed by atoms with Crippen LogP contribution >= 0.6 is 0 Å². The number of fused-ring (bicyclic) bond motifs is 1. The predicted octanol–water partition coefficient (Wildman–Crippen LogP) is -0.356. The molecule has 6 nitrogen and oxygen atoms in total. The SMILES string of the molecule is COC1CC2OC(=O)OC2C(CO)O1. The third kappa shape index (κ3) is 1.56. The van der Waals surface area contributed by atoms with Crippen LogP contribution in [0.25, 0.3) is 0 Å². The summed E-state index contributed by atoms with van der Waals surface area (Å²) in [6.45, 7) is -0.225. The van der Waals surface area contributed by atoms with Crippen molar-refractivity contribution in [2.75, 3.05) is 13.7 Å². The Hall–Kier alpha value is -0.850. The first kappa shape index (κ1) is 9.70. The highest BCUT2D eigenvalue weighted by atomic mass is 16.8. The molecule has 0 radical (unpaired) electrons. The number of aliphatic hydroxyl groups excluding tert-OH is 1. The summed E-state index contributed by atoms with van der Waals surface area (Å²) in [6, 6.07) is 0. The molecule has 2 saturated heterocycles. The van der Waals surface area contributed by atoms with Gasteiger partial charge in [-0.15, -0.1) is 0 Å². The van der Waals surface area contributed by atoms with E-state index in [1.54, 1.807) is 0 Å². The third-order valence-electron chi connectivity index (χ3n) is 2.41. The maximum atomic E-state index is 10.8. The van der Waals surface area contributed by atoms with Crippen LogP contribution in [-0.2, 0) is 18.9 Å². The zero-order chi connectivity index (χ0) is 10.1. The van der Waals surface area contributed by atoms with Crippen molar-refractivity contribution in [2.45, 2.75) is 31.0 Å². The molecule has 4 unspecified atom stereocenters. The molecule has 2 aliphatic rings. The lowest BCUT2D eigenvalue weighted by atomic mass is 10.0. The Kier molecular flexibility index (Phi) is 2.58. The molecule has 6 heteroatoms. The van der Waals surface area contributed by atoms with E-state index < -0.39 is 24.7 Å². The van der Waals surface area contributed by atoms with Gasteiger partial charge in [0.05, 0.1) is 6.61 Å². The summed E-state index contributed by atoms with van der Waals surface area (Å²) in [7, 11) is 1.50. The van der Waals surface area contributed by atoms with Crippen molar-refractivity contribution in [1.82, 2.24) is 0 Å². The van der Waals surface area contributed by atoms with Gasteiger partial charge in [0.15, 0.2) is 12.4 Å². The smallest absolute Gasteiger partial charge is 0.427 e. The van der Waals surface area contributed by atoms with E-state index in [-0.39, 0.29) is 12.7 Å². The summed E-state index contributed by atoms with van der Waals surface area (Å²) < 4.78 is 20.1. The first-order chi connectivity index (χ1) is 6.74. The van der Waals surface area contributed by atoms with E-state index >= 15 is 0 Å². The van der Waals surface area contributed by atoms with Crippen LogP contribution in [0.3, 0.4) is 0 Å². The van der Waals surface area contributed by atoms with Gasteiger partial charge in [0.25, 0.3) is 0 Å². The molecule has 0 amide bonds. The Morgan fingerprint density at radius 2 is 2.36 bits per heavy atom. The fourth-order valence-electron chi connectivity index (χ4n) is 1.72. The van der Waals surface area contributed by atoms with E-state index in [2.05, 4.69) is 0 Å². The Morgan fingerprint density at radius 1 is 1.57 bits per heavy atom. The molecule has 4 atom stereocenters. The first-order valence-corrected chi connectivity index (χ1v) is 4.41. The number of carbonyl (C=O) groups excluding carboxylic acids is 1. The second-order valence-electron chi connectivity index (χ2n) is 3.25. The number of methoxy groups -OCH3 is 1. The predicted molar refractivity (Wildman–Crippen MR) is 42.5 cm³/mol. The van der Waals surface area contributed by atoms with Crippen LogP contribution in [0.1, 0.15) is 6.42 Å². The van der Waals surface area contributed by atoms with Gasteiger partial charge < -0.3 is 24.1 Å². The zero-order valence-electron chi connectivity index (χ0n) is 7.71. The molecule has 2 aliphatic heterocycles. The number of aliphatic hydroxyl groups is 1. The maximum absolute atomic E-state index is 10.8. The van der Waals surface area contributed by atoms with Gasteiger partial charge in [-0.05, 0) is 0 Å². The van der Waals surface area contributed by atoms with Crippen molar-refractivity contribution in [3.05, 3.63) is 0 Å². The summed E-state index contributed by atoms with van der Waals surface area (Å²) >= 11 is 0. The van der Waals surface area contributed by atoms with Crippen LogP contribution in [0.15, 0.2) is 0 Å². The minimum Gasteiger partial charge on any atom is -0.427 e. The Bertz CT molecular complexity index is 230. The quantitative estimate of drug-likeness (QED) is 0.619. The van der Waals surface area contributed by atoms with Crippen LogP contribution in [-0.4, -0.2) is 49.6 Å². The molecule has 0 saturated carbocycles. The van der Waals surface area contributed by atoms with Gasteiger partial charge in [-0.1, -0.05) is 0 Å². The van der Waals surface area contributed by atoms with E-state index in [9.17, 15) is 4.79 Å². The minimum atomic E-state index is -0.709. The molecule has 0 aromatic heterocycles. The van der Waals surface area contributed by atoms with Gasteiger partial charge in [-0.3, -0.25) is 0 Å². The standard InChI is InChI=1S/C8H12O6/c1-11-6-2-4-7(5(3-9)12-6)14-8(10)13-4/h4-7,9H,2-3H2,1H3. The van der Waals surface area contributed by atoms with Gasteiger partial charge in [0, 0.05) is 13.5 Å². The average Bonchev–Trinajstić information content (AvgIpc) is 2.56. The molecule has 0 aromatic rings. The molecule has 14 heavy (non-hydrogen) atoms. The molecular weight excluding hydrogens is 192 g/mol. The van der Waals surface area contributed by atoms with Gasteiger partial charge in [-0.25, -0.2) is 4.79 Å². The lowest BCUT2D eigenvalue weighted by Crippen LogP contribution is -2.48. The number of ether oxygens (including phenoxy) is 4. The highest BCUT2D eigenvalue weighted by Gasteiger charge is 2.48. The van der Waals surface area contributed by atoms with Gasteiger partial charge in [0.1, 0.15) is 12.2 Å². The van der Waals surface area contributed by atoms with Crippen LogP contribution < -0.4 is 0 Å². The number of carbonyl (C=O) groups is 1. The largest absolute Gasteiger partial charge is 0.509 e. The molecule has 2 fully saturated rings. The molecule has 0 aliphatic carbocycles. The first-order valence-electron chi connectivity index (χ1n) is 4.41. The summed E-state index contributed by atoms with van der Waals surface area (Å²) in [6.07, 6.45) is -2.19. The van der Waals surface area contributed by atoms with Crippen molar-refractivity contribution in [3.8, 4) is 0 Å². The van der Waals surface area contributed by atoms with E-state index in [1.165, 1.54) is 7.11 Å². The van der Waals surface area contributed by atoms with Crippen molar-refractivity contribution < 1.29 is 28.8 Å². The van der Waals surface area contributed by atoms with E-state index in [1.807, 2.05) is 0 Å². The summed E-state index contributed by atoms with van der Waals surface area (Å²) in [5.74, 6) is 0. The monoisotopic (exact) mass is 204 g/mol. The lowest BCUT2D eigenvalue weighted by Gasteiger charge is -2.33.